The van der Waals surface area contributed by atoms with Crippen LogP contribution in [0.1, 0.15) is 30.9 Å². The number of epoxide rings is 1. The van der Waals surface area contributed by atoms with Gasteiger partial charge in [-0.3, -0.25) is 0 Å². The number of aliphatic hydroxyl groups excluding tert-OH is 1. The Bertz CT molecular complexity index is 343. The lowest BCUT2D eigenvalue weighted by atomic mass is 10.1. The fraction of sp³-hybridized carbons (Fsp3) is 0.625. The summed E-state index contributed by atoms with van der Waals surface area (Å²) in [4.78, 5) is 4.48. The Morgan fingerprint density at radius 3 is 2.30 bits per heavy atom. The molecule has 1 aromatic rings. The average Bonchev–Trinajstić information content (AvgIpc) is 3.16. The minimum Gasteiger partial charge on any atom is -0.400 e. The smallest absolute Gasteiger partial charge is 0.0813 e. The third kappa shape index (κ3) is 6.48. The fourth-order valence-corrected chi connectivity index (χ4v) is 2.40. The van der Waals surface area contributed by atoms with E-state index in [1.54, 1.807) is 11.1 Å². The molecule has 1 aliphatic heterocycles. The molecule has 1 aliphatic carbocycles. The van der Waals surface area contributed by atoms with Crippen molar-refractivity contribution in [3.63, 3.8) is 0 Å². The van der Waals surface area contributed by atoms with Crippen LogP contribution in [0.3, 0.4) is 0 Å². The predicted octanol–water partition coefficient (Wildman–Crippen LogP) is 2.09. The number of hydrogen-bond donors (Lipinski definition) is 2. The van der Waals surface area contributed by atoms with Gasteiger partial charge in [-0.15, -0.1) is 0 Å². The van der Waals surface area contributed by atoms with Crippen molar-refractivity contribution in [2.75, 3.05) is 20.3 Å². The molecule has 0 radical (unpaired) electrons. The standard InChI is InChI=1S/C9H10.C6H13NO2.CH4O/c1-2-5-9-7-3-6-8(9)4-1;1-5(3-9-7)2-6-4-8-6;1-2/h1-2,4-5H,3,6-7H2;5-6H,2-4,7H2,1H3;2H,1H3. The Hall–Kier alpha value is -0.940. The molecule has 0 amide bonds. The number of ether oxygens (including phenoxy) is 1. The molecule has 2 aliphatic rings. The van der Waals surface area contributed by atoms with Crippen LogP contribution < -0.4 is 5.90 Å². The van der Waals surface area contributed by atoms with Gasteiger partial charge in [-0.25, -0.2) is 5.90 Å². The van der Waals surface area contributed by atoms with Crippen molar-refractivity contribution in [3.8, 4) is 0 Å². The zero-order valence-corrected chi connectivity index (χ0v) is 12.5. The first-order chi connectivity index (χ1) is 9.79. The predicted molar refractivity (Wildman–Crippen MR) is 80.3 cm³/mol. The molecule has 0 bridgehead atoms. The van der Waals surface area contributed by atoms with E-state index in [2.05, 4.69) is 36.0 Å². The molecule has 114 valence electrons. The minimum atomic E-state index is 0.496. The van der Waals surface area contributed by atoms with Gasteiger partial charge in [0.15, 0.2) is 0 Å². The van der Waals surface area contributed by atoms with Gasteiger partial charge in [-0.05, 0) is 42.7 Å². The molecule has 0 spiro atoms. The number of benzene rings is 1. The highest BCUT2D eigenvalue weighted by atomic mass is 16.6. The molecular weight excluding hydrogens is 254 g/mol. The van der Waals surface area contributed by atoms with Crippen LogP contribution in [0.2, 0.25) is 0 Å². The fourth-order valence-electron chi connectivity index (χ4n) is 2.40. The van der Waals surface area contributed by atoms with Gasteiger partial charge in [-0.2, -0.15) is 0 Å². The van der Waals surface area contributed by atoms with Gasteiger partial charge in [0, 0.05) is 7.11 Å². The SMILES string of the molecule is CC(CON)CC1CO1.CO.c1ccc2c(c1)CCC2. The molecule has 0 saturated carbocycles. The van der Waals surface area contributed by atoms with Crippen LogP contribution in [-0.2, 0) is 22.4 Å². The van der Waals surface area contributed by atoms with Crippen molar-refractivity contribution in [1.82, 2.24) is 0 Å². The first-order valence-corrected chi connectivity index (χ1v) is 7.24. The Morgan fingerprint density at radius 1 is 1.30 bits per heavy atom. The monoisotopic (exact) mass is 281 g/mol. The summed E-state index contributed by atoms with van der Waals surface area (Å²) in [5.41, 5.74) is 3.13. The summed E-state index contributed by atoms with van der Waals surface area (Å²) < 4.78 is 5.03. The molecule has 4 heteroatoms. The number of aliphatic hydroxyl groups is 1. The third-order valence-corrected chi connectivity index (χ3v) is 3.46. The second kappa shape index (κ2) is 9.88. The summed E-state index contributed by atoms with van der Waals surface area (Å²) in [6, 6.07) is 8.74. The molecule has 4 nitrogen and oxygen atoms in total. The van der Waals surface area contributed by atoms with E-state index in [1.807, 2.05) is 0 Å². The topological polar surface area (TPSA) is 68.0 Å². The molecule has 2 unspecified atom stereocenters. The van der Waals surface area contributed by atoms with E-state index < -0.39 is 0 Å². The molecule has 3 rings (SSSR count). The zero-order valence-electron chi connectivity index (χ0n) is 12.5. The molecule has 1 fully saturated rings. The molecule has 2 atom stereocenters. The Labute approximate surface area is 121 Å². The van der Waals surface area contributed by atoms with Crippen molar-refractivity contribution in [3.05, 3.63) is 35.4 Å². The van der Waals surface area contributed by atoms with E-state index in [0.717, 1.165) is 20.1 Å². The van der Waals surface area contributed by atoms with Crippen LogP contribution in [0.15, 0.2) is 24.3 Å². The summed E-state index contributed by atoms with van der Waals surface area (Å²) in [6.07, 6.45) is 5.54. The van der Waals surface area contributed by atoms with Gasteiger partial charge in [0.25, 0.3) is 0 Å². The highest BCUT2D eigenvalue weighted by Gasteiger charge is 2.24. The van der Waals surface area contributed by atoms with E-state index in [-0.39, 0.29) is 0 Å². The summed E-state index contributed by atoms with van der Waals surface area (Å²) in [6.45, 7) is 3.67. The van der Waals surface area contributed by atoms with Crippen molar-refractivity contribution in [2.45, 2.75) is 38.7 Å². The normalized spacial score (nSPS) is 19.9. The van der Waals surface area contributed by atoms with E-state index >= 15 is 0 Å². The highest BCUT2D eigenvalue weighted by Crippen LogP contribution is 2.20. The van der Waals surface area contributed by atoms with Crippen molar-refractivity contribution in [2.24, 2.45) is 11.8 Å². The van der Waals surface area contributed by atoms with Gasteiger partial charge < -0.3 is 14.7 Å². The van der Waals surface area contributed by atoms with Gasteiger partial charge >= 0.3 is 0 Å². The minimum absolute atomic E-state index is 0.496. The highest BCUT2D eigenvalue weighted by molar-refractivity contribution is 5.30. The van der Waals surface area contributed by atoms with E-state index in [1.165, 1.54) is 19.3 Å². The second-order valence-electron chi connectivity index (χ2n) is 5.25. The largest absolute Gasteiger partial charge is 0.400 e. The second-order valence-corrected chi connectivity index (χ2v) is 5.25. The summed E-state index contributed by atoms with van der Waals surface area (Å²) in [7, 11) is 1.00. The van der Waals surface area contributed by atoms with Crippen LogP contribution in [0.5, 0.6) is 0 Å². The van der Waals surface area contributed by atoms with E-state index in [9.17, 15) is 0 Å². The summed E-state index contributed by atoms with van der Waals surface area (Å²) in [5.74, 6) is 5.41. The van der Waals surface area contributed by atoms with Gasteiger partial charge in [0.05, 0.1) is 19.3 Å². The zero-order chi connectivity index (χ0) is 14.8. The van der Waals surface area contributed by atoms with Crippen LogP contribution >= 0.6 is 0 Å². The Morgan fingerprint density at radius 2 is 1.85 bits per heavy atom. The van der Waals surface area contributed by atoms with E-state index in [0.29, 0.717) is 18.6 Å². The van der Waals surface area contributed by atoms with Crippen LogP contribution in [-0.4, -0.2) is 31.5 Å². The maximum atomic E-state index is 7.00. The first-order valence-electron chi connectivity index (χ1n) is 7.24. The van der Waals surface area contributed by atoms with Crippen molar-refractivity contribution in [1.29, 1.82) is 0 Å². The lowest BCUT2D eigenvalue weighted by Gasteiger charge is -2.05. The Balaban J connectivity index is 0.000000178. The van der Waals surface area contributed by atoms with Gasteiger partial charge in [0.2, 0.25) is 0 Å². The maximum absolute atomic E-state index is 7.00. The summed E-state index contributed by atoms with van der Waals surface area (Å²) >= 11 is 0. The van der Waals surface area contributed by atoms with Crippen LogP contribution in [0.25, 0.3) is 0 Å². The average molecular weight is 281 g/mol. The third-order valence-electron chi connectivity index (χ3n) is 3.46. The number of rotatable bonds is 4. The Kier molecular flexibility index (Phi) is 8.46. The molecule has 1 heterocycles. The lowest BCUT2D eigenvalue weighted by molar-refractivity contribution is 0.101. The lowest BCUT2D eigenvalue weighted by Crippen LogP contribution is -2.11. The first kappa shape index (κ1) is 17.1. The number of aryl methyl sites for hydroxylation is 2. The number of hydrogen-bond acceptors (Lipinski definition) is 4. The molecule has 0 aromatic heterocycles. The van der Waals surface area contributed by atoms with E-state index in [4.69, 9.17) is 15.7 Å². The molecular formula is C16H27NO3. The van der Waals surface area contributed by atoms with Gasteiger partial charge in [0.1, 0.15) is 0 Å². The molecule has 3 N–H and O–H groups in total. The van der Waals surface area contributed by atoms with Crippen LogP contribution in [0.4, 0.5) is 0 Å². The summed E-state index contributed by atoms with van der Waals surface area (Å²) in [5, 5.41) is 7.00. The van der Waals surface area contributed by atoms with Crippen molar-refractivity contribution < 1.29 is 14.7 Å². The van der Waals surface area contributed by atoms with Crippen LogP contribution in [0, 0.1) is 5.92 Å². The number of nitrogens with two attached hydrogens (primary N) is 1. The molecule has 20 heavy (non-hydrogen) atoms. The molecule has 1 saturated heterocycles. The molecule has 1 aromatic carbocycles. The maximum Gasteiger partial charge on any atom is 0.0813 e. The van der Waals surface area contributed by atoms with Gasteiger partial charge in [-0.1, -0.05) is 31.2 Å². The quantitative estimate of drug-likeness (QED) is 0.655. The van der Waals surface area contributed by atoms with Crippen molar-refractivity contribution >= 4 is 0 Å². The number of fused-ring (bicyclic) bond motifs is 1.